The fourth-order valence-corrected chi connectivity index (χ4v) is 0.665. The molecule has 72 valence electrons. The molecule has 0 unspecified atom stereocenters. The van der Waals surface area contributed by atoms with Gasteiger partial charge in [-0.15, -0.1) is 0 Å². The van der Waals surface area contributed by atoms with E-state index in [2.05, 4.69) is 4.98 Å². The highest BCUT2D eigenvalue weighted by atomic mass is 19.1. The van der Waals surface area contributed by atoms with Gasteiger partial charge in [0.2, 0.25) is 0 Å². The summed E-state index contributed by atoms with van der Waals surface area (Å²) in [7, 11) is 0. The molecule has 1 aromatic heterocycles. The largest absolute Gasteiger partial charge is 0.324 e. The lowest BCUT2D eigenvalue weighted by Gasteiger charge is -1.92. The minimum absolute atomic E-state index is 0.568. The summed E-state index contributed by atoms with van der Waals surface area (Å²) in [6.45, 7) is 5.61. The molecule has 1 rings (SSSR count). The second-order valence-corrected chi connectivity index (χ2v) is 2.08. The maximum atomic E-state index is 12.5. The van der Waals surface area contributed by atoms with Gasteiger partial charge < -0.3 is 0 Å². The molecule has 13 heavy (non-hydrogen) atoms. The normalized spacial score (nSPS) is 8.62. The first-order chi connectivity index (χ1) is 6.11. The Morgan fingerprint density at radius 1 is 1.54 bits per heavy atom. The zero-order chi connectivity index (χ0) is 10.4. The van der Waals surface area contributed by atoms with Crippen LogP contribution >= 0.6 is 0 Å². The van der Waals surface area contributed by atoms with Gasteiger partial charge in [-0.05, 0) is 12.5 Å². The van der Waals surface area contributed by atoms with Gasteiger partial charge in [0.05, 0.1) is 4.92 Å². The Labute approximate surface area is 75.6 Å². The van der Waals surface area contributed by atoms with E-state index in [0.29, 0.717) is 5.56 Å². The highest BCUT2D eigenvalue weighted by molar-refractivity contribution is 5.30. The molecule has 0 radical (unpaired) electrons. The Morgan fingerprint density at radius 3 is 2.46 bits per heavy atom. The van der Waals surface area contributed by atoms with Crippen molar-refractivity contribution in [3.05, 3.63) is 33.9 Å². The van der Waals surface area contributed by atoms with Crippen LogP contribution in [0.5, 0.6) is 0 Å². The van der Waals surface area contributed by atoms with Crippen molar-refractivity contribution in [2.75, 3.05) is 0 Å². The summed E-state index contributed by atoms with van der Waals surface area (Å²) in [5.74, 6) is -1.04. The summed E-state index contributed by atoms with van der Waals surface area (Å²) < 4.78 is 12.5. The van der Waals surface area contributed by atoms with Gasteiger partial charge in [-0.1, -0.05) is 13.8 Å². The van der Waals surface area contributed by atoms with Crippen molar-refractivity contribution in [1.29, 1.82) is 0 Å². The zero-order valence-corrected chi connectivity index (χ0v) is 7.74. The van der Waals surface area contributed by atoms with Gasteiger partial charge in [0, 0.05) is 12.3 Å². The van der Waals surface area contributed by atoms with E-state index in [0.717, 1.165) is 6.07 Å². The van der Waals surface area contributed by atoms with Gasteiger partial charge in [0.25, 0.3) is 5.95 Å². The van der Waals surface area contributed by atoms with E-state index in [1.54, 1.807) is 6.92 Å². The number of halogens is 1. The maximum absolute atomic E-state index is 12.5. The molecule has 0 N–H and O–H groups in total. The second kappa shape index (κ2) is 5.18. The average Bonchev–Trinajstić information content (AvgIpc) is 2.12. The lowest BCUT2D eigenvalue weighted by atomic mass is 10.3. The minimum atomic E-state index is -1.04. The lowest BCUT2D eigenvalue weighted by Crippen LogP contribution is -1.95. The van der Waals surface area contributed by atoms with Crippen molar-refractivity contribution >= 4 is 5.69 Å². The second-order valence-electron chi connectivity index (χ2n) is 2.08. The number of nitro groups is 1. The summed E-state index contributed by atoms with van der Waals surface area (Å²) in [6, 6.07) is 1.14. The van der Waals surface area contributed by atoms with Crippen LogP contribution in [0.4, 0.5) is 10.1 Å². The highest BCUT2D eigenvalue weighted by Crippen LogP contribution is 2.14. The molecule has 4 nitrogen and oxygen atoms in total. The SMILES string of the molecule is CC.Cc1cnc(F)c([N+](=O)[O-])c1. The Balaban J connectivity index is 0.000000671. The summed E-state index contributed by atoms with van der Waals surface area (Å²) in [5, 5.41) is 10.1. The van der Waals surface area contributed by atoms with Crippen LogP contribution in [-0.2, 0) is 0 Å². The molecule has 1 aromatic rings. The lowest BCUT2D eigenvalue weighted by molar-refractivity contribution is -0.388. The van der Waals surface area contributed by atoms with Crippen LogP contribution in [0.25, 0.3) is 0 Å². The van der Waals surface area contributed by atoms with E-state index in [9.17, 15) is 14.5 Å². The molecule has 5 heteroatoms. The topological polar surface area (TPSA) is 56.0 Å². The molecule has 0 aliphatic carbocycles. The number of aromatic nitrogens is 1. The van der Waals surface area contributed by atoms with Crippen LogP contribution in [0.3, 0.4) is 0 Å². The van der Waals surface area contributed by atoms with Crippen molar-refractivity contribution in [3.8, 4) is 0 Å². The molecular weight excluding hydrogens is 175 g/mol. The third kappa shape index (κ3) is 3.14. The first-order valence-corrected chi connectivity index (χ1v) is 3.88. The third-order valence-corrected chi connectivity index (χ3v) is 1.15. The molecule has 0 atom stereocenters. The molecule has 0 bridgehead atoms. The van der Waals surface area contributed by atoms with Crippen LogP contribution in [-0.4, -0.2) is 9.91 Å². The maximum Gasteiger partial charge on any atom is 0.324 e. The standard InChI is InChI=1S/C6H5FN2O2.C2H6/c1-4-2-5(9(10)11)6(7)8-3-4;1-2/h2-3H,1H3;1-2H3. The Kier molecular flexibility index (Phi) is 4.58. The molecule has 1 heterocycles. The van der Waals surface area contributed by atoms with Gasteiger partial charge in [-0.3, -0.25) is 10.1 Å². The number of hydrogen-bond acceptors (Lipinski definition) is 3. The monoisotopic (exact) mass is 186 g/mol. The third-order valence-electron chi connectivity index (χ3n) is 1.15. The minimum Gasteiger partial charge on any atom is -0.258 e. The molecule has 0 saturated carbocycles. The van der Waals surface area contributed by atoms with Crippen LogP contribution in [0.2, 0.25) is 0 Å². The number of pyridine rings is 1. The molecular formula is C8H11FN2O2. The molecule has 0 spiro atoms. The first kappa shape index (κ1) is 11.5. The molecule has 0 aliphatic heterocycles. The number of nitrogens with zero attached hydrogens (tertiary/aromatic N) is 2. The molecule has 0 fully saturated rings. The van der Waals surface area contributed by atoms with E-state index in [-0.39, 0.29) is 0 Å². The quantitative estimate of drug-likeness (QED) is 0.384. The van der Waals surface area contributed by atoms with Gasteiger partial charge in [-0.25, -0.2) is 4.98 Å². The van der Waals surface area contributed by atoms with Crippen LogP contribution in [0.15, 0.2) is 12.3 Å². The van der Waals surface area contributed by atoms with Gasteiger partial charge in [0.1, 0.15) is 0 Å². The van der Waals surface area contributed by atoms with Gasteiger partial charge in [0.15, 0.2) is 0 Å². The van der Waals surface area contributed by atoms with Crippen molar-refractivity contribution in [3.63, 3.8) is 0 Å². The van der Waals surface area contributed by atoms with Gasteiger partial charge >= 0.3 is 5.69 Å². The first-order valence-electron chi connectivity index (χ1n) is 3.88. The average molecular weight is 186 g/mol. The molecule has 0 aromatic carbocycles. The van der Waals surface area contributed by atoms with E-state index in [4.69, 9.17) is 0 Å². The summed E-state index contributed by atoms with van der Waals surface area (Å²) >= 11 is 0. The van der Waals surface area contributed by atoms with Crippen molar-refractivity contribution in [1.82, 2.24) is 4.98 Å². The summed E-state index contributed by atoms with van der Waals surface area (Å²) in [4.78, 5) is 12.5. The van der Waals surface area contributed by atoms with E-state index >= 15 is 0 Å². The van der Waals surface area contributed by atoms with Gasteiger partial charge in [-0.2, -0.15) is 4.39 Å². The molecule has 0 amide bonds. The predicted octanol–water partition coefficient (Wildman–Crippen LogP) is 2.46. The fraction of sp³-hybridized carbons (Fsp3) is 0.375. The zero-order valence-electron chi connectivity index (χ0n) is 7.74. The Hall–Kier alpha value is -1.52. The number of hydrogen-bond donors (Lipinski definition) is 0. The Bertz CT molecular complexity index is 302. The van der Waals surface area contributed by atoms with E-state index in [1.165, 1.54) is 6.20 Å². The van der Waals surface area contributed by atoms with Crippen LogP contribution in [0, 0.1) is 23.0 Å². The predicted molar refractivity (Wildman–Crippen MR) is 46.9 cm³/mol. The Morgan fingerprint density at radius 2 is 2.08 bits per heavy atom. The van der Waals surface area contributed by atoms with E-state index in [1.807, 2.05) is 13.8 Å². The smallest absolute Gasteiger partial charge is 0.258 e. The number of aryl methyl sites for hydroxylation is 1. The fourth-order valence-electron chi connectivity index (χ4n) is 0.665. The van der Waals surface area contributed by atoms with Crippen LogP contribution in [0.1, 0.15) is 19.4 Å². The van der Waals surface area contributed by atoms with Crippen molar-refractivity contribution in [2.24, 2.45) is 0 Å². The number of rotatable bonds is 1. The summed E-state index contributed by atoms with van der Waals surface area (Å²) in [5.41, 5.74) is -0.0110. The van der Waals surface area contributed by atoms with E-state index < -0.39 is 16.6 Å². The molecule has 0 aliphatic rings. The summed E-state index contributed by atoms with van der Waals surface area (Å²) in [6.07, 6.45) is 1.24. The van der Waals surface area contributed by atoms with Crippen LogP contribution < -0.4 is 0 Å². The molecule has 0 saturated heterocycles. The highest BCUT2D eigenvalue weighted by Gasteiger charge is 2.13. The van der Waals surface area contributed by atoms with Crippen molar-refractivity contribution in [2.45, 2.75) is 20.8 Å². The van der Waals surface area contributed by atoms with Crippen molar-refractivity contribution < 1.29 is 9.31 Å².